The van der Waals surface area contributed by atoms with E-state index in [1.54, 1.807) is 6.08 Å². The van der Waals surface area contributed by atoms with Crippen molar-refractivity contribution in [2.45, 2.75) is 33.2 Å². The average Bonchev–Trinajstić information content (AvgIpc) is 2.21. The second kappa shape index (κ2) is 7.47. The van der Waals surface area contributed by atoms with Crippen molar-refractivity contribution < 1.29 is 0 Å². The highest BCUT2D eigenvalue weighted by molar-refractivity contribution is 5.20. The Hall–Kier alpha value is -0.820. The van der Waals surface area contributed by atoms with Gasteiger partial charge >= 0.3 is 0 Å². The molecule has 1 heteroatoms. The van der Waals surface area contributed by atoms with E-state index in [1.165, 1.54) is 5.57 Å². The van der Waals surface area contributed by atoms with Crippen molar-refractivity contribution in [2.24, 2.45) is 5.92 Å². The molecule has 0 fully saturated rings. The highest BCUT2D eigenvalue weighted by Gasteiger charge is 2.07. The first-order valence-corrected chi connectivity index (χ1v) is 5.67. The van der Waals surface area contributed by atoms with Crippen molar-refractivity contribution in [1.29, 1.82) is 0 Å². The van der Waals surface area contributed by atoms with Crippen LogP contribution in [0.5, 0.6) is 0 Å². The lowest BCUT2D eigenvalue weighted by molar-refractivity contribution is 0.260. The van der Waals surface area contributed by atoms with Gasteiger partial charge < -0.3 is 4.90 Å². The smallest absolute Gasteiger partial charge is 0.00355 e. The third-order valence-electron chi connectivity index (χ3n) is 2.88. The topological polar surface area (TPSA) is 3.24 Å². The van der Waals surface area contributed by atoms with Crippen LogP contribution in [-0.4, -0.2) is 24.5 Å². The zero-order valence-electron chi connectivity index (χ0n) is 10.7. The summed E-state index contributed by atoms with van der Waals surface area (Å²) in [5.74, 6) is 0.544. The van der Waals surface area contributed by atoms with E-state index < -0.39 is 0 Å². The van der Waals surface area contributed by atoms with E-state index in [0.717, 1.165) is 13.0 Å². The van der Waals surface area contributed by atoms with Gasteiger partial charge in [0.1, 0.15) is 0 Å². The molecule has 0 saturated carbocycles. The van der Waals surface area contributed by atoms with E-state index in [4.69, 9.17) is 0 Å². The molecule has 1 atom stereocenters. The van der Waals surface area contributed by atoms with Crippen LogP contribution in [0.25, 0.3) is 0 Å². The van der Waals surface area contributed by atoms with E-state index in [9.17, 15) is 0 Å². The van der Waals surface area contributed by atoms with Gasteiger partial charge in [0, 0.05) is 6.04 Å². The van der Waals surface area contributed by atoms with Crippen LogP contribution in [0.1, 0.15) is 27.2 Å². The zero-order valence-corrected chi connectivity index (χ0v) is 10.7. The van der Waals surface area contributed by atoms with Gasteiger partial charge in [-0.3, -0.25) is 0 Å². The Labute approximate surface area is 95.2 Å². The standard InChI is InChI=1S/C14H25N/c1-7-8-9-13(4)14(5)10-11-15(6)12(2)3/h7-9,12,14H,1,4,10-11H2,2-3,5-6H3/b9-8-. The maximum absolute atomic E-state index is 4.06. The highest BCUT2D eigenvalue weighted by Crippen LogP contribution is 2.14. The van der Waals surface area contributed by atoms with Crippen LogP contribution in [-0.2, 0) is 0 Å². The average molecular weight is 207 g/mol. The Kier molecular flexibility index (Phi) is 7.06. The summed E-state index contributed by atoms with van der Waals surface area (Å²) in [5, 5.41) is 0. The van der Waals surface area contributed by atoms with E-state index in [1.807, 2.05) is 12.2 Å². The van der Waals surface area contributed by atoms with Crippen LogP contribution in [0.3, 0.4) is 0 Å². The van der Waals surface area contributed by atoms with Gasteiger partial charge in [0.25, 0.3) is 0 Å². The molecule has 86 valence electrons. The Morgan fingerprint density at radius 1 is 1.33 bits per heavy atom. The van der Waals surface area contributed by atoms with Crippen LogP contribution >= 0.6 is 0 Å². The summed E-state index contributed by atoms with van der Waals surface area (Å²) in [4.78, 5) is 2.36. The third-order valence-corrected chi connectivity index (χ3v) is 2.88. The minimum absolute atomic E-state index is 0.544. The first-order chi connectivity index (χ1) is 6.99. The summed E-state index contributed by atoms with van der Waals surface area (Å²) in [6.07, 6.45) is 6.95. The number of rotatable bonds is 7. The van der Waals surface area contributed by atoms with E-state index >= 15 is 0 Å². The summed E-state index contributed by atoms with van der Waals surface area (Å²) in [5.41, 5.74) is 1.19. The molecule has 0 amide bonds. The van der Waals surface area contributed by atoms with Crippen molar-refractivity contribution in [2.75, 3.05) is 13.6 Å². The van der Waals surface area contributed by atoms with Gasteiger partial charge in [-0.25, -0.2) is 0 Å². The Bertz CT molecular complexity index is 225. The molecule has 0 N–H and O–H groups in total. The van der Waals surface area contributed by atoms with Crippen molar-refractivity contribution >= 4 is 0 Å². The second-order valence-electron chi connectivity index (χ2n) is 4.43. The largest absolute Gasteiger partial charge is 0.304 e. The molecule has 0 aliphatic rings. The lowest BCUT2D eigenvalue weighted by atomic mass is 9.98. The number of allylic oxidation sites excluding steroid dienone is 4. The van der Waals surface area contributed by atoms with Crippen molar-refractivity contribution in [1.82, 2.24) is 4.90 Å². The monoisotopic (exact) mass is 207 g/mol. The van der Waals surface area contributed by atoms with E-state index in [-0.39, 0.29) is 0 Å². The van der Waals surface area contributed by atoms with Crippen molar-refractivity contribution in [3.05, 3.63) is 37.0 Å². The Balaban J connectivity index is 3.92. The molecule has 0 rings (SSSR count). The highest BCUT2D eigenvalue weighted by atomic mass is 15.1. The summed E-state index contributed by atoms with van der Waals surface area (Å²) >= 11 is 0. The van der Waals surface area contributed by atoms with Crippen molar-refractivity contribution in [3.8, 4) is 0 Å². The number of nitrogens with zero attached hydrogens (tertiary/aromatic N) is 1. The minimum Gasteiger partial charge on any atom is -0.304 e. The van der Waals surface area contributed by atoms with Gasteiger partial charge in [-0.1, -0.05) is 43.9 Å². The quantitative estimate of drug-likeness (QED) is 0.576. The predicted octanol–water partition coefficient (Wildman–Crippen LogP) is 3.65. The summed E-state index contributed by atoms with van der Waals surface area (Å²) in [7, 11) is 2.17. The normalized spacial score (nSPS) is 13.7. The fourth-order valence-electron chi connectivity index (χ4n) is 1.20. The number of hydrogen-bond donors (Lipinski definition) is 0. The molecule has 0 radical (unpaired) electrons. The molecule has 0 aromatic heterocycles. The minimum atomic E-state index is 0.544. The molecule has 0 aliphatic heterocycles. The second-order valence-corrected chi connectivity index (χ2v) is 4.43. The van der Waals surface area contributed by atoms with Crippen LogP contribution in [0.4, 0.5) is 0 Å². The molecule has 0 aromatic carbocycles. The summed E-state index contributed by atoms with van der Waals surface area (Å²) in [6.45, 7) is 15.5. The van der Waals surface area contributed by atoms with E-state index in [0.29, 0.717) is 12.0 Å². The lowest BCUT2D eigenvalue weighted by Crippen LogP contribution is -2.28. The molecule has 0 aromatic rings. The van der Waals surface area contributed by atoms with Crippen LogP contribution in [0.15, 0.2) is 37.0 Å². The van der Waals surface area contributed by atoms with Crippen LogP contribution in [0, 0.1) is 5.92 Å². The molecule has 1 nitrogen and oxygen atoms in total. The van der Waals surface area contributed by atoms with Crippen LogP contribution < -0.4 is 0 Å². The maximum Gasteiger partial charge on any atom is 0.00355 e. The van der Waals surface area contributed by atoms with Crippen LogP contribution in [0.2, 0.25) is 0 Å². The summed E-state index contributed by atoms with van der Waals surface area (Å²) in [6, 6.07) is 0.620. The van der Waals surface area contributed by atoms with Gasteiger partial charge in [-0.15, -0.1) is 0 Å². The zero-order chi connectivity index (χ0) is 11.8. The fraction of sp³-hybridized carbons (Fsp3) is 0.571. The molecule has 15 heavy (non-hydrogen) atoms. The maximum atomic E-state index is 4.06. The third kappa shape index (κ3) is 6.29. The fourth-order valence-corrected chi connectivity index (χ4v) is 1.20. The molecule has 0 bridgehead atoms. The Morgan fingerprint density at radius 2 is 1.93 bits per heavy atom. The molecule has 0 heterocycles. The van der Waals surface area contributed by atoms with Gasteiger partial charge in [0.15, 0.2) is 0 Å². The lowest BCUT2D eigenvalue weighted by Gasteiger charge is -2.23. The van der Waals surface area contributed by atoms with Gasteiger partial charge in [-0.2, -0.15) is 0 Å². The molecule has 0 saturated heterocycles. The summed E-state index contributed by atoms with van der Waals surface area (Å²) < 4.78 is 0. The molecular formula is C14H25N. The van der Waals surface area contributed by atoms with E-state index in [2.05, 4.69) is 45.9 Å². The predicted molar refractivity (Wildman–Crippen MR) is 70.0 cm³/mol. The number of hydrogen-bond acceptors (Lipinski definition) is 1. The van der Waals surface area contributed by atoms with Crippen molar-refractivity contribution in [3.63, 3.8) is 0 Å². The molecular weight excluding hydrogens is 182 g/mol. The Morgan fingerprint density at radius 3 is 2.40 bits per heavy atom. The van der Waals surface area contributed by atoms with Gasteiger partial charge in [-0.05, 0) is 39.8 Å². The molecule has 0 aliphatic carbocycles. The molecule has 0 spiro atoms. The molecule has 1 unspecified atom stereocenters. The first kappa shape index (κ1) is 14.2. The van der Waals surface area contributed by atoms with Gasteiger partial charge in [0.2, 0.25) is 0 Å². The first-order valence-electron chi connectivity index (χ1n) is 5.67. The SMILES string of the molecule is C=C/C=C\C(=C)C(C)CCN(C)C(C)C. The van der Waals surface area contributed by atoms with Gasteiger partial charge in [0.05, 0.1) is 0 Å².